The van der Waals surface area contributed by atoms with E-state index in [-0.39, 0.29) is 12.4 Å². The van der Waals surface area contributed by atoms with Crippen molar-refractivity contribution >= 4 is 18.8 Å². The molecule has 0 radical (unpaired) electrons. The number of halogens is 1. The first-order valence-electron chi connectivity index (χ1n) is 3.68. The number of hydrogen-bond donors (Lipinski definition) is 1. The number of carbonyl (C=O) groups excluding carboxylic acids is 1. The molecule has 1 amide bonds. The van der Waals surface area contributed by atoms with Gasteiger partial charge in [-0.25, -0.2) is 0 Å². The van der Waals surface area contributed by atoms with Crippen molar-refractivity contribution in [3.8, 4) is 0 Å². The van der Waals surface area contributed by atoms with E-state index in [4.69, 9.17) is 0 Å². The molecule has 1 N–H and O–H groups in total. The molecular weight excluding hydrogens is 164 g/mol. The SMILES string of the molecule is C[C@@H]1CN[C@@H](C)CN1C=O.Cl. The fourth-order valence-corrected chi connectivity index (χ4v) is 1.20. The lowest BCUT2D eigenvalue weighted by Crippen LogP contribution is -2.53. The topological polar surface area (TPSA) is 32.3 Å². The number of carbonyl (C=O) groups is 1. The van der Waals surface area contributed by atoms with Crippen LogP contribution in [0.15, 0.2) is 0 Å². The summed E-state index contributed by atoms with van der Waals surface area (Å²) in [7, 11) is 0. The van der Waals surface area contributed by atoms with Gasteiger partial charge in [0.2, 0.25) is 6.41 Å². The molecule has 0 saturated carbocycles. The Bertz CT molecular complexity index is 132. The minimum Gasteiger partial charge on any atom is -0.340 e. The second-order valence-corrected chi connectivity index (χ2v) is 2.96. The van der Waals surface area contributed by atoms with E-state index in [2.05, 4.69) is 12.2 Å². The number of rotatable bonds is 1. The third kappa shape index (κ3) is 2.67. The summed E-state index contributed by atoms with van der Waals surface area (Å²) in [6.45, 7) is 5.89. The molecule has 0 unspecified atom stereocenters. The summed E-state index contributed by atoms with van der Waals surface area (Å²) >= 11 is 0. The van der Waals surface area contributed by atoms with Crippen LogP contribution < -0.4 is 5.32 Å². The van der Waals surface area contributed by atoms with Crippen LogP contribution in [0.5, 0.6) is 0 Å². The van der Waals surface area contributed by atoms with Gasteiger partial charge < -0.3 is 10.2 Å². The molecule has 0 aliphatic carbocycles. The first-order chi connectivity index (χ1) is 4.74. The van der Waals surface area contributed by atoms with E-state index in [0.29, 0.717) is 12.1 Å². The highest BCUT2D eigenvalue weighted by Gasteiger charge is 2.19. The predicted molar refractivity (Wildman–Crippen MR) is 46.9 cm³/mol. The van der Waals surface area contributed by atoms with Gasteiger partial charge in [-0.3, -0.25) is 4.79 Å². The molecule has 2 atom stereocenters. The predicted octanol–water partition coefficient (Wildman–Crippen LogP) is 0.247. The van der Waals surface area contributed by atoms with Crippen molar-refractivity contribution in [1.29, 1.82) is 0 Å². The van der Waals surface area contributed by atoms with E-state index in [0.717, 1.165) is 19.5 Å². The van der Waals surface area contributed by atoms with Crippen LogP contribution in [0.2, 0.25) is 0 Å². The van der Waals surface area contributed by atoms with E-state index in [1.807, 2.05) is 11.8 Å². The maximum absolute atomic E-state index is 10.4. The van der Waals surface area contributed by atoms with Gasteiger partial charge in [0.15, 0.2) is 0 Å². The summed E-state index contributed by atoms with van der Waals surface area (Å²) in [5.41, 5.74) is 0. The van der Waals surface area contributed by atoms with Crippen molar-refractivity contribution in [2.24, 2.45) is 0 Å². The lowest BCUT2D eigenvalue weighted by Gasteiger charge is -2.34. The Balaban J connectivity index is 0.000001000. The number of hydrogen-bond acceptors (Lipinski definition) is 2. The van der Waals surface area contributed by atoms with Crippen molar-refractivity contribution in [1.82, 2.24) is 10.2 Å². The third-order valence-corrected chi connectivity index (χ3v) is 1.95. The standard InChI is InChI=1S/C7H14N2O.ClH/c1-6-4-9(5-10)7(2)3-8-6;/h5-8H,3-4H2,1-2H3;1H/t6-,7+;/m0./s1. The number of piperazine rings is 1. The average molecular weight is 179 g/mol. The highest BCUT2D eigenvalue weighted by Crippen LogP contribution is 2.02. The lowest BCUT2D eigenvalue weighted by atomic mass is 10.2. The van der Waals surface area contributed by atoms with Gasteiger partial charge >= 0.3 is 0 Å². The second-order valence-electron chi connectivity index (χ2n) is 2.96. The minimum absolute atomic E-state index is 0. The van der Waals surface area contributed by atoms with Gasteiger partial charge in [0.05, 0.1) is 0 Å². The average Bonchev–Trinajstić information content (AvgIpc) is 1.94. The molecule has 1 saturated heterocycles. The largest absolute Gasteiger partial charge is 0.340 e. The van der Waals surface area contributed by atoms with E-state index in [9.17, 15) is 4.79 Å². The molecule has 1 aliphatic heterocycles. The zero-order valence-electron chi connectivity index (χ0n) is 6.91. The molecule has 0 bridgehead atoms. The summed E-state index contributed by atoms with van der Waals surface area (Å²) in [6.07, 6.45) is 0.933. The molecule has 66 valence electrons. The summed E-state index contributed by atoms with van der Waals surface area (Å²) in [5.74, 6) is 0. The maximum atomic E-state index is 10.4. The van der Waals surface area contributed by atoms with Crippen LogP contribution in [0.3, 0.4) is 0 Å². The van der Waals surface area contributed by atoms with E-state index in [1.54, 1.807) is 0 Å². The number of amides is 1. The Morgan fingerprint density at radius 2 is 2.18 bits per heavy atom. The van der Waals surface area contributed by atoms with Crippen molar-refractivity contribution < 1.29 is 4.79 Å². The van der Waals surface area contributed by atoms with Gasteiger partial charge in [-0.1, -0.05) is 0 Å². The molecule has 0 spiro atoms. The van der Waals surface area contributed by atoms with Crippen LogP contribution in [0, 0.1) is 0 Å². The minimum atomic E-state index is 0. The summed E-state index contributed by atoms with van der Waals surface area (Å²) in [5, 5.41) is 3.30. The summed E-state index contributed by atoms with van der Waals surface area (Å²) < 4.78 is 0. The molecule has 4 heteroatoms. The van der Waals surface area contributed by atoms with Crippen LogP contribution >= 0.6 is 12.4 Å². The van der Waals surface area contributed by atoms with Crippen molar-refractivity contribution in [3.05, 3.63) is 0 Å². The molecule has 1 aliphatic rings. The van der Waals surface area contributed by atoms with Crippen LogP contribution in [0.25, 0.3) is 0 Å². The number of nitrogens with zero attached hydrogens (tertiary/aromatic N) is 1. The van der Waals surface area contributed by atoms with Crippen LogP contribution in [-0.2, 0) is 4.79 Å². The van der Waals surface area contributed by atoms with Gasteiger partial charge in [-0.05, 0) is 13.8 Å². The zero-order valence-corrected chi connectivity index (χ0v) is 7.73. The van der Waals surface area contributed by atoms with Gasteiger partial charge in [0.25, 0.3) is 0 Å². The fourth-order valence-electron chi connectivity index (χ4n) is 1.20. The quantitative estimate of drug-likeness (QED) is 0.584. The molecule has 0 aromatic rings. The third-order valence-electron chi connectivity index (χ3n) is 1.95. The number of nitrogens with one attached hydrogen (secondary N) is 1. The van der Waals surface area contributed by atoms with E-state index >= 15 is 0 Å². The first kappa shape index (κ1) is 10.7. The van der Waals surface area contributed by atoms with Crippen molar-refractivity contribution in [2.45, 2.75) is 25.9 Å². The van der Waals surface area contributed by atoms with Gasteiger partial charge in [0.1, 0.15) is 0 Å². The normalized spacial score (nSPS) is 30.9. The Morgan fingerprint density at radius 3 is 2.64 bits per heavy atom. The molecule has 11 heavy (non-hydrogen) atoms. The van der Waals surface area contributed by atoms with Crippen LogP contribution in [0.1, 0.15) is 13.8 Å². The molecule has 1 heterocycles. The smallest absolute Gasteiger partial charge is 0.210 e. The van der Waals surface area contributed by atoms with E-state index < -0.39 is 0 Å². The van der Waals surface area contributed by atoms with Crippen LogP contribution in [0.4, 0.5) is 0 Å². The fraction of sp³-hybridized carbons (Fsp3) is 0.857. The van der Waals surface area contributed by atoms with Gasteiger partial charge in [0, 0.05) is 25.2 Å². The summed E-state index contributed by atoms with van der Waals surface area (Å²) in [4.78, 5) is 12.2. The van der Waals surface area contributed by atoms with Gasteiger partial charge in [-0.15, -0.1) is 12.4 Å². The maximum Gasteiger partial charge on any atom is 0.210 e. The highest BCUT2D eigenvalue weighted by atomic mass is 35.5. The zero-order chi connectivity index (χ0) is 7.56. The molecule has 3 nitrogen and oxygen atoms in total. The molecule has 0 aromatic heterocycles. The second kappa shape index (κ2) is 4.57. The lowest BCUT2D eigenvalue weighted by molar-refractivity contribution is -0.121. The molecule has 1 rings (SSSR count). The Morgan fingerprint density at radius 1 is 1.55 bits per heavy atom. The van der Waals surface area contributed by atoms with Crippen molar-refractivity contribution in [2.75, 3.05) is 13.1 Å². The molecule has 1 fully saturated rings. The summed E-state index contributed by atoms with van der Waals surface area (Å²) in [6, 6.07) is 0.801. The Kier molecular flexibility index (Phi) is 4.45. The highest BCUT2D eigenvalue weighted by molar-refractivity contribution is 5.85. The Labute approximate surface area is 73.5 Å². The molecular formula is C7H15ClN2O. The monoisotopic (exact) mass is 178 g/mol. The molecule has 0 aromatic carbocycles. The van der Waals surface area contributed by atoms with Gasteiger partial charge in [-0.2, -0.15) is 0 Å². The first-order valence-corrected chi connectivity index (χ1v) is 3.68. The van der Waals surface area contributed by atoms with Crippen molar-refractivity contribution in [3.63, 3.8) is 0 Å². The Hall–Kier alpha value is -0.280. The van der Waals surface area contributed by atoms with Crippen LogP contribution in [-0.4, -0.2) is 36.5 Å². The van der Waals surface area contributed by atoms with E-state index in [1.165, 1.54) is 0 Å².